The van der Waals surface area contributed by atoms with Gasteiger partial charge in [0, 0.05) is 6.04 Å². The maximum absolute atomic E-state index is 9.63. The Morgan fingerprint density at radius 2 is 2.07 bits per heavy atom. The second-order valence-corrected chi connectivity index (χ2v) is 5.07. The molecule has 1 saturated carbocycles. The van der Waals surface area contributed by atoms with E-state index >= 15 is 0 Å². The van der Waals surface area contributed by atoms with Gasteiger partial charge in [0.1, 0.15) is 0 Å². The molecule has 0 aromatic carbocycles. The van der Waals surface area contributed by atoms with Crippen molar-refractivity contribution in [2.75, 3.05) is 6.54 Å². The smallest absolute Gasteiger partial charge is 0.0575 e. The Morgan fingerprint density at radius 1 is 1.36 bits per heavy atom. The van der Waals surface area contributed by atoms with Gasteiger partial charge in [-0.05, 0) is 37.6 Å². The van der Waals surface area contributed by atoms with Crippen LogP contribution in [-0.4, -0.2) is 23.8 Å². The van der Waals surface area contributed by atoms with Gasteiger partial charge in [-0.3, -0.25) is 0 Å². The highest BCUT2D eigenvalue weighted by Gasteiger charge is 2.22. The van der Waals surface area contributed by atoms with Gasteiger partial charge >= 0.3 is 0 Å². The van der Waals surface area contributed by atoms with Crippen LogP contribution < -0.4 is 5.32 Å². The molecule has 3 atom stereocenters. The molecule has 1 aliphatic rings. The van der Waals surface area contributed by atoms with Crippen LogP contribution in [-0.2, 0) is 0 Å². The third-order valence-corrected chi connectivity index (χ3v) is 3.48. The van der Waals surface area contributed by atoms with Crippen molar-refractivity contribution in [2.45, 2.75) is 58.6 Å². The van der Waals surface area contributed by atoms with Gasteiger partial charge in [-0.1, -0.05) is 27.2 Å². The molecule has 0 aromatic heterocycles. The van der Waals surface area contributed by atoms with Crippen molar-refractivity contribution >= 4 is 0 Å². The zero-order valence-corrected chi connectivity index (χ0v) is 9.79. The van der Waals surface area contributed by atoms with E-state index in [4.69, 9.17) is 0 Å². The van der Waals surface area contributed by atoms with E-state index in [1.807, 2.05) is 0 Å². The third-order valence-electron chi connectivity index (χ3n) is 3.48. The molecular weight excluding hydrogens is 174 g/mol. The molecule has 2 N–H and O–H groups in total. The van der Waals surface area contributed by atoms with Crippen LogP contribution in [0, 0.1) is 11.8 Å². The van der Waals surface area contributed by atoms with Crippen LogP contribution in [0.1, 0.15) is 46.5 Å². The van der Waals surface area contributed by atoms with Crippen molar-refractivity contribution in [1.29, 1.82) is 0 Å². The topological polar surface area (TPSA) is 32.3 Å². The molecule has 0 spiro atoms. The monoisotopic (exact) mass is 199 g/mol. The molecule has 1 rings (SSSR count). The van der Waals surface area contributed by atoms with Crippen LogP contribution >= 0.6 is 0 Å². The Labute approximate surface area is 88.1 Å². The molecule has 0 saturated heterocycles. The van der Waals surface area contributed by atoms with E-state index in [-0.39, 0.29) is 6.10 Å². The zero-order chi connectivity index (χ0) is 10.6. The quantitative estimate of drug-likeness (QED) is 0.711. The van der Waals surface area contributed by atoms with E-state index in [9.17, 15) is 5.11 Å². The first-order chi connectivity index (χ1) is 6.61. The standard InChI is InChI=1S/C12H25NO/c1-9(2)12(14)7-8-13-11-6-4-5-10(11)3/h9-14H,4-8H2,1-3H3. The van der Waals surface area contributed by atoms with Crippen molar-refractivity contribution in [1.82, 2.24) is 5.32 Å². The SMILES string of the molecule is CC(C)C(O)CCNC1CCCC1C. The lowest BCUT2D eigenvalue weighted by atomic mass is 10.0. The van der Waals surface area contributed by atoms with E-state index in [1.54, 1.807) is 0 Å². The summed E-state index contributed by atoms with van der Waals surface area (Å²) in [5, 5.41) is 13.2. The highest BCUT2D eigenvalue weighted by Crippen LogP contribution is 2.24. The fraction of sp³-hybridized carbons (Fsp3) is 1.00. The average molecular weight is 199 g/mol. The molecule has 0 heterocycles. The summed E-state index contributed by atoms with van der Waals surface area (Å²) in [6, 6.07) is 0.703. The first-order valence-electron chi connectivity index (χ1n) is 6.02. The number of hydrogen-bond acceptors (Lipinski definition) is 2. The molecule has 0 aliphatic heterocycles. The van der Waals surface area contributed by atoms with Gasteiger partial charge in [0.15, 0.2) is 0 Å². The van der Waals surface area contributed by atoms with Gasteiger partial charge in [-0.2, -0.15) is 0 Å². The molecular formula is C12H25NO. The highest BCUT2D eigenvalue weighted by atomic mass is 16.3. The van der Waals surface area contributed by atoms with Crippen LogP contribution in [0.25, 0.3) is 0 Å². The van der Waals surface area contributed by atoms with Crippen LogP contribution in [0.5, 0.6) is 0 Å². The number of nitrogens with one attached hydrogen (secondary N) is 1. The Balaban J connectivity index is 2.09. The molecule has 84 valence electrons. The Kier molecular flexibility index (Phi) is 4.90. The third kappa shape index (κ3) is 3.58. The minimum Gasteiger partial charge on any atom is -0.393 e. The van der Waals surface area contributed by atoms with Gasteiger partial charge in [-0.15, -0.1) is 0 Å². The summed E-state index contributed by atoms with van der Waals surface area (Å²) in [6.07, 6.45) is 4.80. The lowest BCUT2D eigenvalue weighted by molar-refractivity contribution is 0.114. The molecule has 2 heteroatoms. The van der Waals surface area contributed by atoms with Crippen molar-refractivity contribution in [3.63, 3.8) is 0 Å². The number of rotatable bonds is 5. The molecule has 1 fully saturated rings. The summed E-state index contributed by atoms with van der Waals surface area (Å²) in [6.45, 7) is 7.43. The minimum absolute atomic E-state index is 0.140. The maximum Gasteiger partial charge on any atom is 0.0575 e. The summed E-state index contributed by atoms with van der Waals surface area (Å²) in [4.78, 5) is 0. The molecule has 0 bridgehead atoms. The van der Waals surface area contributed by atoms with Crippen LogP contribution in [0.3, 0.4) is 0 Å². The van der Waals surface area contributed by atoms with Gasteiger partial charge in [0.05, 0.1) is 6.10 Å². The Hall–Kier alpha value is -0.0800. The van der Waals surface area contributed by atoms with Crippen LogP contribution in [0.2, 0.25) is 0 Å². The van der Waals surface area contributed by atoms with Crippen LogP contribution in [0.15, 0.2) is 0 Å². The molecule has 0 radical (unpaired) electrons. The predicted molar refractivity (Wildman–Crippen MR) is 60.3 cm³/mol. The second kappa shape index (κ2) is 5.72. The predicted octanol–water partition coefficient (Wildman–Crippen LogP) is 2.17. The first-order valence-corrected chi connectivity index (χ1v) is 6.02. The zero-order valence-electron chi connectivity index (χ0n) is 9.79. The molecule has 3 unspecified atom stereocenters. The van der Waals surface area contributed by atoms with E-state index < -0.39 is 0 Å². The number of aliphatic hydroxyl groups is 1. The molecule has 14 heavy (non-hydrogen) atoms. The van der Waals surface area contributed by atoms with Crippen molar-refractivity contribution in [3.05, 3.63) is 0 Å². The minimum atomic E-state index is -0.140. The largest absolute Gasteiger partial charge is 0.393 e. The number of aliphatic hydroxyl groups excluding tert-OH is 1. The molecule has 0 aromatic rings. The van der Waals surface area contributed by atoms with Crippen LogP contribution in [0.4, 0.5) is 0 Å². The van der Waals surface area contributed by atoms with E-state index in [1.165, 1.54) is 19.3 Å². The lowest BCUT2D eigenvalue weighted by Gasteiger charge is -2.19. The lowest BCUT2D eigenvalue weighted by Crippen LogP contribution is -2.34. The Bertz CT molecular complexity index is 158. The molecule has 1 aliphatic carbocycles. The average Bonchev–Trinajstić information content (AvgIpc) is 2.51. The normalized spacial score (nSPS) is 29.8. The maximum atomic E-state index is 9.63. The molecule has 0 amide bonds. The van der Waals surface area contributed by atoms with Crippen molar-refractivity contribution < 1.29 is 5.11 Å². The highest BCUT2D eigenvalue weighted by molar-refractivity contribution is 4.80. The van der Waals surface area contributed by atoms with E-state index in [0.717, 1.165) is 18.9 Å². The summed E-state index contributed by atoms with van der Waals surface area (Å²) in [5.74, 6) is 1.21. The van der Waals surface area contributed by atoms with Gasteiger partial charge < -0.3 is 10.4 Å². The van der Waals surface area contributed by atoms with E-state index in [2.05, 4.69) is 26.1 Å². The summed E-state index contributed by atoms with van der Waals surface area (Å²) < 4.78 is 0. The Morgan fingerprint density at radius 3 is 2.57 bits per heavy atom. The molecule has 2 nitrogen and oxygen atoms in total. The van der Waals surface area contributed by atoms with Gasteiger partial charge in [0.25, 0.3) is 0 Å². The van der Waals surface area contributed by atoms with Crippen molar-refractivity contribution in [3.8, 4) is 0 Å². The fourth-order valence-electron chi connectivity index (χ4n) is 2.20. The van der Waals surface area contributed by atoms with Gasteiger partial charge in [-0.25, -0.2) is 0 Å². The van der Waals surface area contributed by atoms with E-state index in [0.29, 0.717) is 12.0 Å². The first kappa shape index (κ1) is 12.0. The van der Waals surface area contributed by atoms with Crippen molar-refractivity contribution in [2.24, 2.45) is 11.8 Å². The fourth-order valence-corrected chi connectivity index (χ4v) is 2.20. The summed E-state index contributed by atoms with van der Waals surface area (Å²) in [5.41, 5.74) is 0. The summed E-state index contributed by atoms with van der Waals surface area (Å²) >= 11 is 0. The summed E-state index contributed by atoms with van der Waals surface area (Å²) in [7, 11) is 0. The van der Waals surface area contributed by atoms with Gasteiger partial charge in [0.2, 0.25) is 0 Å². The number of hydrogen-bond donors (Lipinski definition) is 2. The second-order valence-electron chi connectivity index (χ2n) is 5.07.